The lowest BCUT2D eigenvalue weighted by Crippen LogP contribution is -2.30. The molecule has 0 amide bonds. The van der Waals surface area contributed by atoms with Crippen LogP contribution in [0.1, 0.15) is 28.3 Å². The number of aliphatic hydroxyl groups excluding tert-OH is 4. The molecule has 2 aromatic carbocycles. The molecular weight excluding hydrogens is 546 g/mol. The Hall–Kier alpha value is -3.34. The average Bonchev–Trinajstić information content (AvgIpc) is 3.76. The molecule has 0 unspecified atom stereocenters. The number of fused-ring (bicyclic) bond motifs is 2. The van der Waals surface area contributed by atoms with Crippen LogP contribution in [0.4, 0.5) is 20.2 Å². The maximum absolute atomic E-state index is 15.4. The molecule has 2 aliphatic rings. The molecule has 6 nitrogen and oxygen atoms in total. The zero-order valence-corrected chi connectivity index (χ0v) is 23.6. The monoisotopic (exact) mass is 582 g/mol. The molecule has 218 valence electrons. The smallest absolute Gasteiger partial charge is 0.129 e. The lowest BCUT2D eigenvalue weighted by Gasteiger charge is -2.26. The SMILES string of the molecule is C1=CC2=CC=C1C2.OCCN(CCO)c1ccc(C(c2cccs2)c2ccc(N(CCO)CCO)cc2F)c(F)c1. The van der Waals surface area contributed by atoms with Crippen LogP contribution in [0.2, 0.25) is 0 Å². The first-order valence-electron chi connectivity index (χ1n) is 13.6. The van der Waals surface area contributed by atoms with Crippen molar-refractivity contribution in [1.82, 2.24) is 0 Å². The largest absolute Gasteiger partial charge is 0.395 e. The van der Waals surface area contributed by atoms with Gasteiger partial charge in [-0.05, 0) is 53.3 Å². The minimum absolute atomic E-state index is 0.137. The minimum atomic E-state index is -0.670. The zero-order chi connectivity index (χ0) is 29.2. The van der Waals surface area contributed by atoms with Crippen LogP contribution >= 0.6 is 11.3 Å². The van der Waals surface area contributed by atoms with E-state index in [9.17, 15) is 20.4 Å². The van der Waals surface area contributed by atoms with Gasteiger partial charge in [-0.25, -0.2) is 8.78 Å². The summed E-state index contributed by atoms with van der Waals surface area (Å²) in [5.41, 5.74) is 4.61. The van der Waals surface area contributed by atoms with Crippen molar-refractivity contribution in [3.8, 4) is 0 Å². The van der Waals surface area contributed by atoms with Gasteiger partial charge in [0.1, 0.15) is 11.6 Å². The van der Waals surface area contributed by atoms with Crippen LogP contribution in [0.15, 0.2) is 89.4 Å². The summed E-state index contributed by atoms with van der Waals surface area (Å²) in [6.45, 7) is 0.462. The van der Waals surface area contributed by atoms with Crippen molar-refractivity contribution in [2.45, 2.75) is 12.3 Å². The van der Waals surface area contributed by atoms with E-state index in [0.717, 1.165) is 4.88 Å². The summed E-state index contributed by atoms with van der Waals surface area (Å²) in [7, 11) is 0. The number of aliphatic hydroxyl groups is 4. The Morgan fingerprint density at radius 2 is 1.15 bits per heavy atom. The van der Waals surface area contributed by atoms with Crippen molar-refractivity contribution in [2.75, 3.05) is 62.4 Å². The van der Waals surface area contributed by atoms with E-state index in [1.165, 1.54) is 41.0 Å². The molecular formula is C32H36F2N2O4S. The van der Waals surface area contributed by atoms with Crippen molar-refractivity contribution in [3.05, 3.63) is 117 Å². The Morgan fingerprint density at radius 1 is 0.683 bits per heavy atom. The molecule has 9 heteroatoms. The molecule has 0 spiro atoms. The van der Waals surface area contributed by atoms with Gasteiger partial charge in [-0.3, -0.25) is 0 Å². The number of nitrogens with zero attached hydrogens (tertiary/aromatic N) is 2. The van der Waals surface area contributed by atoms with Gasteiger partial charge < -0.3 is 30.2 Å². The van der Waals surface area contributed by atoms with E-state index in [4.69, 9.17) is 0 Å². The highest BCUT2D eigenvalue weighted by atomic mass is 32.1. The van der Waals surface area contributed by atoms with E-state index >= 15 is 8.78 Å². The third-order valence-electron chi connectivity index (χ3n) is 7.06. The average molecular weight is 583 g/mol. The highest BCUT2D eigenvalue weighted by Crippen LogP contribution is 2.39. The van der Waals surface area contributed by atoms with Gasteiger partial charge in [0.25, 0.3) is 0 Å². The quantitative estimate of drug-likeness (QED) is 0.236. The van der Waals surface area contributed by atoms with Gasteiger partial charge in [0, 0.05) is 59.5 Å². The summed E-state index contributed by atoms with van der Waals surface area (Å²) in [6.07, 6.45) is 9.90. The van der Waals surface area contributed by atoms with Gasteiger partial charge in [0.2, 0.25) is 0 Å². The number of hydrogen-bond donors (Lipinski definition) is 4. The second-order valence-corrected chi connectivity index (χ2v) is 10.7. The molecule has 0 aliphatic heterocycles. The maximum Gasteiger partial charge on any atom is 0.129 e. The fourth-order valence-electron chi connectivity index (χ4n) is 5.06. The fraction of sp³-hybridized carbons (Fsp3) is 0.312. The van der Waals surface area contributed by atoms with E-state index in [2.05, 4.69) is 24.3 Å². The molecule has 0 radical (unpaired) electrons. The zero-order valence-electron chi connectivity index (χ0n) is 22.8. The van der Waals surface area contributed by atoms with E-state index in [0.29, 0.717) is 22.5 Å². The second kappa shape index (κ2) is 15.0. The summed E-state index contributed by atoms with van der Waals surface area (Å²) in [4.78, 5) is 4.14. The van der Waals surface area contributed by atoms with E-state index in [1.807, 2.05) is 17.5 Å². The number of thiophene rings is 1. The third-order valence-corrected chi connectivity index (χ3v) is 8.00. The Labute approximate surface area is 243 Å². The number of benzene rings is 2. The van der Waals surface area contributed by atoms with Gasteiger partial charge >= 0.3 is 0 Å². The summed E-state index contributed by atoms with van der Waals surface area (Å²) < 4.78 is 30.9. The van der Waals surface area contributed by atoms with Crippen molar-refractivity contribution < 1.29 is 29.2 Å². The Morgan fingerprint density at radius 3 is 1.44 bits per heavy atom. The standard InChI is InChI=1S/C25H30F2N2O4S.C7H6/c26-22-16-18(28(7-11-30)8-12-31)3-5-20(22)25(24-2-1-15-34-24)21-6-4-19(17-23(21)27)29(9-13-32)10-14-33;1-2-7-4-3-6(1)5-7/h1-6,15-17,25,30-33H,7-14H2;1-4H,5H2. The van der Waals surface area contributed by atoms with Gasteiger partial charge in [0.15, 0.2) is 0 Å². The summed E-state index contributed by atoms with van der Waals surface area (Å²) in [5.74, 6) is -1.69. The van der Waals surface area contributed by atoms with E-state index in [-0.39, 0.29) is 52.6 Å². The number of halogens is 2. The molecule has 5 rings (SSSR count). The Kier molecular flexibility index (Phi) is 11.2. The van der Waals surface area contributed by atoms with Crippen LogP contribution in [0.5, 0.6) is 0 Å². The fourth-order valence-corrected chi connectivity index (χ4v) is 5.92. The lowest BCUT2D eigenvalue weighted by atomic mass is 9.88. The van der Waals surface area contributed by atoms with Crippen molar-refractivity contribution in [3.63, 3.8) is 0 Å². The predicted molar refractivity (Wildman–Crippen MR) is 161 cm³/mol. The maximum atomic E-state index is 15.4. The molecule has 1 heterocycles. The molecule has 0 atom stereocenters. The number of allylic oxidation sites excluding steroid dienone is 6. The third kappa shape index (κ3) is 7.69. The van der Waals surface area contributed by atoms with Crippen LogP contribution in [-0.2, 0) is 0 Å². The molecule has 2 aliphatic carbocycles. The first-order chi connectivity index (χ1) is 20.0. The second-order valence-electron chi connectivity index (χ2n) is 9.72. The number of anilines is 2. The minimum Gasteiger partial charge on any atom is -0.395 e. The topological polar surface area (TPSA) is 87.4 Å². The summed E-state index contributed by atoms with van der Waals surface area (Å²) >= 11 is 1.41. The van der Waals surface area contributed by atoms with E-state index in [1.54, 1.807) is 34.1 Å². The molecule has 2 bridgehead atoms. The molecule has 0 saturated heterocycles. The lowest BCUT2D eigenvalue weighted by molar-refractivity contribution is 0.280. The Balaban J connectivity index is 0.000000473. The highest BCUT2D eigenvalue weighted by Gasteiger charge is 2.25. The Bertz CT molecular complexity index is 1280. The summed E-state index contributed by atoms with van der Waals surface area (Å²) in [6, 6.07) is 13.0. The van der Waals surface area contributed by atoms with Gasteiger partial charge in [-0.1, -0.05) is 42.5 Å². The summed E-state index contributed by atoms with van der Waals surface area (Å²) in [5, 5.41) is 39.0. The predicted octanol–water partition coefficient (Wildman–Crippen LogP) is 4.60. The van der Waals surface area contributed by atoms with E-state index < -0.39 is 17.6 Å². The first kappa shape index (κ1) is 30.6. The van der Waals surface area contributed by atoms with Crippen molar-refractivity contribution >= 4 is 22.7 Å². The van der Waals surface area contributed by atoms with Crippen molar-refractivity contribution in [2.24, 2.45) is 0 Å². The first-order valence-corrected chi connectivity index (χ1v) is 14.5. The van der Waals surface area contributed by atoms with Gasteiger partial charge in [-0.15, -0.1) is 11.3 Å². The molecule has 41 heavy (non-hydrogen) atoms. The van der Waals surface area contributed by atoms with Crippen LogP contribution in [0.25, 0.3) is 0 Å². The molecule has 3 aromatic rings. The molecule has 0 fully saturated rings. The normalized spacial score (nSPS) is 13.2. The number of hydrogen-bond acceptors (Lipinski definition) is 7. The molecule has 4 N–H and O–H groups in total. The van der Waals surface area contributed by atoms with Crippen LogP contribution in [0.3, 0.4) is 0 Å². The van der Waals surface area contributed by atoms with Gasteiger partial charge in [-0.2, -0.15) is 0 Å². The number of rotatable bonds is 13. The van der Waals surface area contributed by atoms with Crippen molar-refractivity contribution in [1.29, 1.82) is 0 Å². The van der Waals surface area contributed by atoms with Crippen LogP contribution in [-0.4, -0.2) is 73.0 Å². The highest BCUT2D eigenvalue weighted by molar-refractivity contribution is 7.10. The molecule has 0 saturated carbocycles. The van der Waals surface area contributed by atoms with Crippen LogP contribution < -0.4 is 9.80 Å². The van der Waals surface area contributed by atoms with Gasteiger partial charge in [0.05, 0.1) is 26.4 Å². The molecule has 1 aromatic heterocycles. The van der Waals surface area contributed by atoms with Crippen LogP contribution in [0, 0.1) is 11.6 Å².